The average Bonchev–Trinajstić information content (AvgIpc) is 3.40. The van der Waals surface area contributed by atoms with Gasteiger partial charge in [0.2, 0.25) is 0 Å². The Morgan fingerprint density at radius 2 is 0.458 bits per heavy atom. The molecule has 0 bridgehead atoms. The van der Waals surface area contributed by atoms with Crippen LogP contribution in [-0.2, 0) is 38.1 Å². The molecule has 0 aromatic heterocycles. The molecule has 0 aromatic carbocycles. The van der Waals surface area contributed by atoms with Crippen LogP contribution < -0.4 is 43.4 Å². The van der Waals surface area contributed by atoms with Crippen LogP contribution in [-0.4, -0.2) is 173 Å². The summed E-state index contributed by atoms with van der Waals surface area (Å²) in [6, 6.07) is 0. The van der Waals surface area contributed by atoms with E-state index in [0.29, 0.717) is 0 Å². The maximum Gasteiger partial charge on any atom is 0.426 e. The fourth-order valence-electron chi connectivity index (χ4n) is 10.00. The van der Waals surface area contributed by atoms with Gasteiger partial charge in [0.25, 0.3) is 23.6 Å². The van der Waals surface area contributed by atoms with Gasteiger partial charge in [-0.15, -0.1) is 0 Å². The monoisotopic (exact) mass is 1020 g/mol. The van der Waals surface area contributed by atoms with Gasteiger partial charge in [0, 0.05) is 52.4 Å². The van der Waals surface area contributed by atoms with E-state index < -0.39 is 48.0 Å². The molecular formula is C48H84N12O12. The number of hydrazine groups is 4. The van der Waals surface area contributed by atoms with Gasteiger partial charge in [-0.1, -0.05) is 77.0 Å². The van der Waals surface area contributed by atoms with Crippen LogP contribution in [0, 0.1) is 23.7 Å². The third-order valence-corrected chi connectivity index (χ3v) is 14.3. The number of carbonyl (C=O) groups is 8. The van der Waals surface area contributed by atoms with E-state index in [2.05, 4.69) is 43.4 Å². The summed E-state index contributed by atoms with van der Waals surface area (Å²) in [5.74, 6) is -0.953. The van der Waals surface area contributed by atoms with Crippen molar-refractivity contribution in [1.82, 2.24) is 63.0 Å². The van der Waals surface area contributed by atoms with Gasteiger partial charge < -0.3 is 18.9 Å². The summed E-state index contributed by atoms with van der Waals surface area (Å²) in [6.07, 6.45) is 18.3. The van der Waals surface area contributed by atoms with Gasteiger partial charge in [0.15, 0.2) is 0 Å². The smallest absolute Gasteiger partial charge is 0.426 e. The van der Waals surface area contributed by atoms with Gasteiger partial charge in [-0.2, -0.15) is 0 Å². The van der Waals surface area contributed by atoms with Crippen LogP contribution in [0.25, 0.3) is 0 Å². The molecule has 5 fully saturated rings. The van der Waals surface area contributed by atoms with Crippen molar-refractivity contribution in [1.29, 1.82) is 0 Å². The fraction of sp³-hybridized carbons (Fsp3) is 0.833. The predicted octanol–water partition coefficient (Wildman–Crippen LogP) is 2.56. The molecule has 1 saturated heterocycles. The number of amides is 8. The normalized spacial score (nSPS) is 20.2. The Labute approximate surface area is 424 Å². The molecule has 24 nitrogen and oxygen atoms in total. The van der Waals surface area contributed by atoms with Crippen LogP contribution in [0.4, 0.5) is 19.2 Å². The third-order valence-electron chi connectivity index (χ3n) is 14.3. The first kappa shape index (κ1) is 57.7. The molecule has 1 heterocycles. The van der Waals surface area contributed by atoms with E-state index >= 15 is 0 Å². The molecule has 0 spiro atoms. The molecule has 0 radical (unpaired) electrons. The van der Waals surface area contributed by atoms with E-state index in [1.165, 1.54) is 25.7 Å². The van der Waals surface area contributed by atoms with Gasteiger partial charge in [-0.25, -0.2) is 40.9 Å². The van der Waals surface area contributed by atoms with E-state index in [0.717, 1.165) is 103 Å². The van der Waals surface area contributed by atoms with Crippen LogP contribution in [0.1, 0.15) is 128 Å². The summed E-state index contributed by atoms with van der Waals surface area (Å²) in [5.41, 5.74) is 19.0. The molecular weight excluding hydrogens is 937 g/mol. The quantitative estimate of drug-likeness (QED) is 0.0815. The fourth-order valence-corrected chi connectivity index (χ4v) is 10.00. The highest BCUT2D eigenvalue weighted by Gasteiger charge is 2.25. The Kier molecular flexibility index (Phi) is 26.9. The van der Waals surface area contributed by atoms with Gasteiger partial charge in [0.1, 0.15) is 0 Å². The molecule has 0 unspecified atom stereocenters. The second kappa shape index (κ2) is 33.5. The maximum atomic E-state index is 13.3. The highest BCUT2D eigenvalue weighted by molar-refractivity contribution is 5.82. The van der Waals surface area contributed by atoms with Crippen LogP contribution >= 0.6 is 0 Å². The lowest BCUT2D eigenvalue weighted by Crippen LogP contribution is -2.54. The van der Waals surface area contributed by atoms with Crippen LogP contribution in [0.3, 0.4) is 0 Å². The van der Waals surface area contributed by atoms with Crippen LogP contribution in [0.15, 0.2) is 0 Å². The van der Waals surface area contributed by atoms with E-state index in [9.17, 15) is 38.4 Å². The largest absolute Gasteiger partial charge is 0.448 e. The first-order valence-electron chi connectivity index (χ1n) is 26.7. The Balaban J connectivity index is 1.20. The number of rotatable bonds is 16. The molecule has 5 aliphatic rings. The van der Waals surface area contributed by atoms with Gasteiger partial charge >= 0.3 is 24.4 Å². The molecule has 0 atom stereocenters. The summed E-state index contributed by atoms with van der Waals surface area (Å²) in [4.78, 5) is 111. The molecule has 5 rings (SSSR count). The molecule has 72 heavy (non-hydrogen) atoms. The van der Waals surface area contributed by atoms with Crippen molar-refractivity contribution in [2.75, 3.05) is 105 Å². The molecule has 8 amide bonds. The minimum Gasteiger partial charge on any atom is -0.448 e. The highest BCUT2D eigenvalue weighted by Crippen LogP contribution is 2.26. The first-order chi connectivity index (χ1) is 34.9. The average molecular weight is 1020 g/mol. The van der Waals surface area contributed by atoms with E-state index in [1.54, 1.807) is 0 Å². The zero-order valence-corrected chi connectivity index (χ0v) is 42.5. The Morgan fingerprint density at radius 1 is 0.278 bits per heavy atom. The molecule has 1 aliphatic heterocycles. The highest BCUT2D eigenvalue weighted by atomic mass is 16.6. The van der Waals surface area contributed by atoms with Crippen molar-refractivity contribution in [3.63, 3.8) is 0 Å². The summed E-state index contributed by atoms with van der Waals surface area (Å²) in [5, 5.41) is 0. The van der Waals surface area contributed by atoms with Crippen molar-refractivity contribution in [3.8, 4) is 0 Å². The lowest BCUT2D eigenvalue weighted by atomic mass is 9.90. The topological polar surface area (TPSA) is 283 Å². The van der Waals surface area contributed by atoms with Crippen molar-refractivity contribution in [2.45, 2.75) is 128 Å². The lowest BCUT2D eigenvalue weighted by Gasteiger charge is -2.33. The van der Waals surface area contributed by atoms with Crippen molar-refractivity contribution < 1.29 is 57.3 Å². The lowest BCUT2D eigenvalue weighted by molar-refractivity contribution is -0.125. The molecule has 0 aromatic rings. The van der Waals surface area contributed by atoms with Crippen molar-refractivity contribution >= 4 is 48.0 Å². The van der Waals surface area contributed by atoms with Gasteiger partial charge in [0.05, 0.1) is 52.6 Å². The van der Waals surface area contributed by atoms with Crippen LogP contribution in [0.2, 0.25) is 0 Å². The maximum absolute atomic E-state index is 13.3. The summed E-state index contributed by atoms with van der Waals surface area (Å²) < 4.78 is 21.5. The van der Waals surface area contributed by atoms with Crippen LogP contribution in [0.5, 0.6) is 0 Å². The molecule has 408 valence electrons. The van der Waals surface area contributed by atoms with Crippen molar-refractivity contribution in [2.24, 2.45) is 23.7 Å². The summed E-state index contributed by atoms with van der Waals surface area (Å²) in [6.45, 7) is 2.31. The number of nitrogens with one attached hydrogen (secondary N) is 8. The second-order valence-corrected chi connectivity index (χ2v) is 20.2. The summed E-state index contributed by atoms with van der Waals surface area (Å²) in [7, 11) is 0. The second-order valence-electron chi connectivity index (χ2n) is 20.2. The Bertz CT molecular complexity index is 1440. The van der Waals surface area contributed by atoms with E-state index in [4.69, 9.17) is 18.9 Å². The SMILES string of the molecule is O=C(CN1CCN(CC(=O)NNC(=O)OCC2CCCCC2)CCN(CC(=O)NNC(=O)OCC2CCCCC2)CCN(CC(=O)NNC(=O)OCC2CCCCC2)CC1)NNC(=O)OCC1CCCCC1. The van der Waals surface area contributed by atoms with Crippen molar-refractivity contribution in [3.05, 3.63) is 0 Å². The van der Waals surface area contributed by atoms with Gasteiger partial charge in [-0.05, 0) is 75.0 Å². The minimum atomic E-state index is -0.765. The van der Waals surface area contributed by atoms with E-state index in [1.807, 2.05) is 19.6 Å². The first-order valence-corrected chi connectivity index (χ1v) is 26.7. The zero-order valence-electron chi connectivity index (χ0n) is 42.5. The predicted molar refractivity (Wildman–Crippen MR) is 263 cm³/mol. The molecule has 8 N–H and O–H groups in total. The number of carbonyl (C=O) groups excluding carboxylic acids is 8. The van der Waals surface area contributed by atoms with E-state index in [-0.39, 0.29) is 129 Å². The third kappa shape index (κ3) is 25.0. The zero-order chi connectivity index (χ0) is 51.2. The van der Waals surface area contributed by atoms with Gasteiger partial charge in [-0.3, -0.25) is 60.5 Å². The standard InChI is InChI=1S/C48H84N12O12/c61-41(49-53-45(65)69-33-37-13-5-1-6-14-37)29-57-21-23-58(30-42(62)50-54-46(66)70-34-38-15-7-2-8-16-38)25-27-60(32-44(64)52-56-48(68)72-36-40-19-11-4-12-20-40)28-26-59(24-22-57)31-43(63)51-55-47(67)71-35-39-17-9-3-10-18-39/h37-40H,1-36H2,(H,49,61)(H,50,62)(H,51,63)(H,52,64)(H,53,65)(H,54,66)(H,55,67)(H,56,68). The number of ether oxygens (including phenoxy) is 4. The molecule has 4 aliphatic carbocycles. The molecule has 4 saturated carbocycles. The number of hydrogen-bond acceptors (Lipinski definition) is 16. The molecule has 24 heteroatoms. The minimum absolute atomic E-state index is 0.172. The Hall–Kier alpha value is -5.20. The summed E-state index contributed by atoms with van der Waals surface area (Å²) >= 11 is 0. The number of hydrogen-bond donors (Lipinski definition) is 8. The number of nitrogens with zero attached hydrogens (tertiary/aromatic N) is 4. The Morgan fingerprint density at radius 3 is 0.639 bits per heavy atom.